The van der Waals surface area contributed by atoms with Crippen molar-refractivity contribution in [2.75, 3.05) is 26.7 Å². The number of benzene rings is 1. The number of carbonyl (C=O) groups is 1. The first kappa shape index (κ1) is 17.5. The lowest BCUT2D eigenvalue weighted by Crippen LogP contribution is -2.49. The van der Waals surface area contributed by atoms with Crippen LogP contribution >= 0.6 is 0 Å². The van der Waals surface area contributed by atoms with Gasteiger partial charge in [-0.2, -0.15) is 0 Å². The molecule has 0 bridgehead atoms. The second-order valence-corrected chi connectivity index (χ2v) is 6.44. The molecule has 1 N–H and O–H groups in total. The van der Waals surface area contributed by atoms with Gasteiger partial charge in [0, 0.05) is 31.3 Å². The summed E-state index contributed by atoms with van der Waals surface area (Å²) in [7, 11) is 1.39. The average molecular weight is 328 g/mol. The van der Waals surface area contributed by atoms with Crippen LogP contribution in [0.3, 0.4) is 0 Å². The molecule has 5 nitrogen and oxygen atoms in total. The smallest absolute Gasteiger partial charge is 0.410 e. The number of hydrogen-bond donors (Lipinski definition) is 1. The first-order valence-corrected chi connectivity index (χ1v) is 7.45. The Hall–Kier alpha value is -1.89. The van der Waals surface area contributed by atoms with Gasteiger partial charge in [0.2, 0.25) is 0 Å². The molecule has 1 heterocycles. The molecule has 0 saturated carbocycles. The fourth-order valence-electron chi connectivity index (χ4n) is 2.44. The molecule has 1 aromatic carbocycles. The normalized spacial score (nSPS) is 18.7. The van der Waals surface area contributed by atoms with E-state index in [1.165, 1.54) is 7.11 Å². The van der Waals surface area contributed by atoms with Crippen LogP contribution in [0.2, 0.25) is 0 Å². The van der Waals surface area contributed by atoms with E-state index < -0.39 is 23.3 Å². The van der Waals surface area contributed by atoms with Gasteiger partial charge in [-0.05, 0) is 26.8 Å². The number of carbonyl (C=O) groups excluding carboxylic acids is 1. The molecule has 1 amide bonds. The van der Waals surface area contributed by atoms with Crippen LogP contribution in [0.5, 0.6) is 5.75 Å². The van der Waals surface area contributed by atoms with Crippen LogP contribution in [0.1, 0.15) is 32.4 Å². The lowest BCUT2D eigenvalue weighted by Gasteiger charge is -2.35. The monoisotopic (exact) mass is 328 g/mol. The van der Waals surface area contributed by atoms with Crippen molar-refractivity contribution in [2.24, 2.45) is 0 Å². The molecule has 128 valence electrons. The largest absolute Gasteiger partial charge is 0.496 e. The summed E-state index contributed by atoms with van der Waals surface area (Å²) >= 11 is 0. The van der Waals surface area contributed by atoms with E-state index in [0.29, 0.717) is 18.7 Å². The third-order valence-electron chi connectivity index (χ3n) is 3.48. The van der Waals surface area contributed by atoms with Crippen molar-refractivity contribution >= 4 is 6.09 Å². The lowest BCUT2D eigenvalue weighted by atomic mass is 10.0. The zero-order valence-electron chi connectivity index (χ0n) is 13.8. The third-order valence-corrected chi connectivity index (χ3v) is 3.48. The predicted molar refractivity (Wildman–Crippen MR) is 81.5 cm³/mol. The Labute approximate surface area is 134 Å². The molecule has 23 heavy (non-hydrogen) atoms. The van der Waals surface area contributed by atoms with Crippen molar-refractivity contribution in [1.82, 2.24) is 10.2 Å². The number of nitrogens with one attached hydrogen (secondary N) is 1. The Balaban J connectivity index is 2.18. The van der Waals surface area contributed by atoms with Gasteiger partial charge in [0.1, 0.15) is 11.4 Å². The maximum Gasteiger partial charge on any atom is 0.410 e. The van der Waals surface area contributed by atoms with Gasteiger partial charge in [-0.3, -0.25) is 0 Å². The zero-order chi connectivity index (χ0) is 17.2. The third kappa shape index (κ3) is 4.31. The summed E-state index contributed by atoms with van der Waals surface area (Å²) in [6.45, 7) is 6.68. The standard InChI is InChI=1S/C16H22F2N2O3/c1-16(2,3)23-15(21)20-6-5-19-13(9-20)10-7-11(17)12(18)8-14(10)22-4/h7-8,13,19H,5-6,9H2,1-4H3. The minimum absolute atomic E-state index is 0.243. The number of hydrogen-bond acceptors (Lipinski definition) is 4. The summed E-state index contributed by atoms with van der Waals surface area (Å²) in [4.78, 5) is 13.7. The summed E-state index contributed by atoms with van der Waals surface area (Å²) in [6, 6.07) is 1.75. The minimum atomic E-state index is -0.967. The van der Waals surface area contributed by atoms with E-state index in [9.17, 15) is 13.6 Å². The van der Waals surface area contributed by atoms with Crippen molar-refractivity contribution < 1.29 is 23.0 Å². The molecule has 1 fully saturated rings. The molecule has 1 aliphatic heterocycles. The molecule has 1 aromatic rings. The first-order valence-electron chi connectivity index (χ1n) is 7.45. The topological polar surface area (TPSA) is 50.8 Å². The summed E-state index contributed by atoms with van der Waals surface area (Å²) in [5.74, 6) is -1.67. The van der Waals surface area contributed by atoms with Gasteiger partial charge in [-0.1, -0.05) is 0 Å². The molecule has 0 aromatic heterocycles. The zero-order valence-corrected chi connectivity index (χ0v) is 13.8. The van der Waals surface area contributed by atoms with Gasteiger partial charge in [-0.25, -0.2) is 13.6 Å². The van der Waals surface area contributed by atoms with E-state index in [1.54, 1.807) is 25.7 Å². The summed E-state index contributed by atoms with van der Waals surface area (Å²) in [6.07, 6.45) is -0.425. The fraction of sp³-hybridized carbons (Fsp3) is 0.562. The van der Waals surface area contributed by atoms with Gasteiger partial charge in [0.15, 0.2) is 11.6 Å². The number of halogens is 2. The molecule has 2 rings (SSSR count). The van der Waals surface area contributed by atoms with Crippen molar-refractivity contribution in [3.63, 3.8) is 0 Å². The van der Waals surface area contributed by atoms with Gasteiger partial charge in [-0.15, -0.1) is 0 Å². The van der Waals surface area contributed by atoms with Crippen LogP contribution in [-0.4, -0.2) is 43.3 Å². The van der Waals surface area contributed by atoms with E-state index in [4.69, 9.17) is 9.47 Å². The van der Waals surface area contributed by atoms with E-state index >= 15 is 0 Å². The highest BCUT2D eigenvalue weighted by atomic mass is 19.2. The van der Waals surface area contributed by atoms with Gasteiger partial charge < -0.3 is 19.7 Å². The van der Waals surface area contributed by atoms with Crippen LogP contribution < -0.4 is 10.1 Å². The van der Waals surface area contributed by atoms with Crippen molar-refractivity contribution in [1.29, 1.82) is 0 Å². The highest BCUT2D eigenvalue weighted by Gasteiger charge is 2.30. The number of nitrogens with zero attached hydrogens (tertiary/aromatic N) is 1. The maximum absolute atomic E-state index is 13.6. The molecule has 1 aliphatic rings. The molecular weight excluding hydrogens is 306 g/mol. The van der Waals surface area contributed by atoms with Gasteiger partial charge >= 0.3 is 6.09 Å². The Morgan fingerprint density at radius 2 is 1.96 bits per heavy atom. The maximum atomic E-state index is 13.6. The van der Waals surface area contributed by atoms with Crippen LogP contribution in [-0.2, 0) is 4.74 Å². The van der Waals surface area contributed by atoms with Crippen LogP contribution in [0.25, 0.3) is 0 Å². The molecule has 1 atom stereocenters. The summed E-state index contributed by atoms with van der Waals surface area (Å²) < 4.78 is 37.4. The minimum Gasteiger partial charge on any atom is -0.496 e. The fourth-order valence-corrected chi connectivity index (χ4v) is 2.44. The second-order valence-electron chi connectivity index (χ2n) is 6.44. The number of rotatable bonds is 2. The number of piperazine rings is 1. The summed E-state index contributed by atoms with van der Waals surface area (Å²) in [5.41, 5.74) is -0.114. The molecule has 0 radical (unpaired) electrons. The number of methoxy groups -OCH3 is 1. The lowest BCUT2D eigenvalue weighted by molar-refractivity contribution is 0.0194. The second kappa shape index (κ2) is 6.70. The number of ether oxygens (including phenoxy) is 2. The molecule has 0 spiro atoms. The van der Waals surface area contributed by atoms with E-state index in [2.05, 4.69) is 5.32 Å². The molecule has 1 unspecified atom stereocenters. The van der Waals surface area contributed by atoms with Crippen LogP contribution in [0, 0.1) is 11.6 Å². The molecule has 1 saturated heterocycles. The van der Waals surface area contributed by atoms with Crippen molar-refractivity contribution in [3.8, 4) is 5.75 Å². The molecule has 0 aliphatic carbocycles. The first-order chi connectivity index (χ1) is 10.7. The van der Waals surface area contributed by atoms with Gasteiger partial charge in [0.25, 0.3) is 0 Å². The quantitative estimate of drug-likeness (QED) is 0.907. The summed E-state index contributed by atoms with van der Waals surface area (Å²) in [5, 5.41) is 3.19. The SMILES string of the molecule is COc1cc(F)c(F)cc1C1CN(C(=O)OC(C)(C)C)CCN1. The molecular formula is C16H22F2N2O3. The average Bonchev–Trinajstić information content (AvgIpc) is 2.48. The number of amides is 1. The Kier molecular flexibility index (Phi) is 5.09. The van der Waals surface area contributed by atoms with E-state index in [1.807, 2.05) is 0 Å². The van der Waals surface area contributed by atoms with E-state index in [-0.39, 0.29) is 18.3 Å². The predicted octanol–water partition coefficient (Wildman–Crippen LogP) is 2.85. The molecule has 7 heteroatoms. The van der Waals surface area contributed by atoms with Crippen LogP contribution in [0.15, 0.2) is 12.1 Å². The van der Waals surface area contributed by atoms with Crippen molar-refractivity contribution in [2.45, 2.75) is 32.4 Å². The Morgan fingerprint density at radius 3 is 2.57 bits per heavy atom. The van der Waals surface area contributed by atoms with E-state index in [0.717, 1.165) is 12.1 Å². The Bertz CT molecular complexity index is 587. The van der Waals surface area contributed by atoms with Gasteiger partial charge in [0.05, 0.1) is 13.2 Å². The van der Waals surface area contributed by atoms with Crippen molar-refractivity contribution in [3.05, 3.63) is 29.3 Å². The Morgan fingerprint density at radius 1 is 1.30 bits per heavy atom. The highest BCUT2D eigenvalue weighted by Crippen LogP contribution is 2.29. The highest BCUT2D eigenvalue weighted by molar-refractivity contribution is 5.68. The van der Waals surface area contributed by atoms with Crippen LogP contribution in [0.4, 0.5) is 13.6 Å².